The summed E-state index contributed by atoms with van der Waals surface area (Å²) in [5.74, 6) is 1.40. The molecule has 1 aromatic carbocycles. The van der Waals surface area contributed by atoms with Gasteiger partial charge in [0.25, 0.3) is 0 Å². The van der Waals surface area contributed by atoms with Crippen molar-refractivity contribution in [3.63, 3.8) is 0 Å². The summed E-state index contributed by atoms with van der Waals surface area (Å²) in [5, 5.41) is 3.57. The van der Waals surface area contributed by atoms with Gasteiger partial charge in [0, 0.05) is 39.0 Å². The fourth-order valence-corrected chi connectivity index (χ4v) is 3.98. The number of benzene rings is 1. The molecule has 5 nitrogen and oxygen atoms in total. The smallest absolute Gasteiger partial charge is 0.227 e. The molecule has 1 N–H and O–H groups in total. The Morgan fingerprint density at radius 1 is 1.19 bits per heavy atom. The fraction of sp³-hybridized carbons (Fsp3) is 0.619. The molecule has 26 heavy (non-hydrogen) atoms. The number of anilines is 2. The van der Waals surface area contributed by atoms with Gasteiger partial charge >= 0.3 is 0 Å². The molecule has 1 saturated heterocycles. The van der Waals surface area contributed by atoms with Crippen LogP contribution in [-0.2, 0) is 9.59 Å². The van der Waals surface area contributed by atoms with Crippen molar-refractivity contribution in [1.82, 2.24) is 4.90 Å². The van der Waals surface area contributed by atoms with E-state index in [1.807, 2.05) is 28.0 Å². The van der Waals surface area contributed by atoms with Gasteiger partial charge in [0.2, 0.25) is 11.8 Å². The van der Waals surface area contributed by atoms with Crippen LogP contribution in [0.1, 0.15) is 46.5 Å². The summed E-state index contributed by atoms with van der Waals surface area (Å²) >= 11 is 0. The van der Waals surface area contributed by atoms with E-state index in [1.54, 1.807) is 6.92 Å². The van der Waals surface area contributed by atoms with Crippen molar-refractivity contribution in [3.05, 3.63) is 24.3 Å². The molecule has 0 aromatic heterocycles. The van der Waals surface area contributed by atoms with E-state index >= 15 is 0 Å². The van der Waals surface area contributed by atoms with E-state index in [-0.39, 0.29) is 17.9 Å². The molecule has 0 bridgehead atoms. The molecular weight excluding hydrogens is 326 g/mol. The first-order chi connectivity index (χ1) is 12.5. The van der Waals surface area contributed by atoms with E-state index in [4.69, 9.17) is 0 Å². The van der Waals surface area contributed by atoms with Crippen molar-refractivity contribution < 1.29 is 9.59 Å². The Balaban J connectivity index is 1.60. The maximum atomic E-state index is 13.0. The molecule has 142 valence electrons. The number of amides is 2. The number of piperidine rings is 1. The van der Waals surface area contributed by atoms with Crippen LogP contribution < -0.4 is 10.2 Å². The third-order valence-electron chi connectivity index (χ3n) is 5.85. The van der Waals surface area contributed by atoms with Crippen LogP contribution in [0.15, 0.2) is 24.3 Å². The molecule has 2 heterocycles. The molecule has 0 spiro atoms. The molecular formula is C21H31N3O2. The van der Waals surface area contributed by atoms with Gasteiger partial charge in [0.15, 0.2) is 0 Å². The van der Waals surface area contributed by atoms with Crippen LogP contribution in [0.3, 0.4) is 0 Å². The second-order valence-electron chi connectivity index (χ2n) is 8.00. The van der Waals surface area contributed by atoms with Crippen molar-refractivity contribution in [2.75, 3.05) is 29.9 Å². The Morgan fingerprint density at radius 2 is 1.88 bits per heavy atom. The Morgan fingerprint density at radius 3 is 2.54 bits per heavy atom. The largest absolute Gasteiger partial charge is 0.379 e. The number of carbonyl (C=O) groups is 2. The molecule has 2 amide bonds. The minimum Gasteiger partial charge on any atom is -0.379 e. The number of likely N-dealkylation sites (tertiary alicyclic amines) is 1. The molecule has 1 atom stereocenters. The first-order valence-electron chi connectivity index (χ1n) is 9.87. The maximum absolute atomic E-state index is 13.0. The highest BCUT2D eigenvalue weighted by atomic mass is 16.2. The highest BCUT2D eigenvalue weighted by Crippen LogP contribution is 2.33. The van der Waals surface area contributed by atoms with Crippen LogP contribution in [-0.4, -0.2) is 42.4 Å². The summed E-state index contributed by atoms with van der Waals surface area (Å²) < 4.78 is 0. The van der Waals surface area contributed by atoms with Gasteiger partial charge in [0.1, 0.15) is 0 Å². The number of hydrogen-bond donors (Lipinski definition) is 1. The lowest BCUT2D eigenvalue weighted by Crippen LogP contribution is -2.47. The lowest BCUT2D eigenvalue weighted by Gasteiger charge is -2.38. The van der Waals surface area contributed by atoms with Crippen LogP contribution in [0.25, 0.3) is 0 Å². The van der Waals surface area contributed by atoms with Crippen LogP contribution in [0, 0.1) is 11.8 Å². The molecule has 0 unspecified atom stereocenters. The standard InChI is InChI=1S/C21H31N3O2/c1-15(2)19-14-24(20-7-5-4-6-18(20)22-19)21(26)9-8-17-10-12-23(13-11-17)16(3)25/h4-7,15,17,19,22H,8-14H2,1-3H3/t19-/m0/s1. The molecule has 3 rings (SSSR count). The lowest BCUT2D eigenvalue weighted by atomic mass is 9.91. The predicted molar refractivity (Wildman–Crippen MR) is 105 cm³/mol. The van der Waals surface area contributed by atoms with Gasteiger partial charge in [-0.2, -0.15) is 0 Å². The number of hydrogen-bond acceptors (Lipinski definition) is 3. The van der Waals surface area contributed by atoms with E-state index in [2.05, 4.69) is 25.2 Å². The van der Waals surface area contributed by atoms with Gasteiger partial charge < -0.3 is 15.1 Å². The molecule has 2 aliphatic rings. The van der Waals surface area contributed by atoms with Crippen molar-refractivity contribution >= 4 is 23.2 Å². The van der Waals surface area contributed by atoms with Crippen LogP contribution in [0.2, 0.25) is 0 Å². The second-order valence-corrected chi connectivity index (χ2v) is 8.00. The summed E-state index contributed by atoms with van der Waals surface area (Å²) in [6.07, 6.45) is 3.53. The van der Waals surface area contributed by atoms with Gasteiger partial charge in [0.05, 0.1) is 11.4 Å². The third kappa shape index (κ3) is 4.19. The third-order valence-corrected chi connectivity index (χ3v) is 5.85. The molecule has 0 radical (unpaired) electrons. The monoisotopic (exact) mass is 357 g/mol. The summed E-state index contributed by atoms with van der Waals surface area (Å²) in [5.41, 5.74) is 2.06. The van der Waals surface area contributed by atoms with Crippen molar-refractivity contribution in [2.24, 2.45) is 11.8 Å². The zero-order valence-corrected chi connectivity index (χ0v) is 16.2. The minimum atomic E-state index is 0.164. The normalized spacial score (nSPS) is 20.7. The van der Waals surface area contributed by atoms with Gasteiger partial charge in [-0.3, -0.25) is 9.59 Å². The Hall–Kier alpha value is -2.04. The van der Waals surface area contributed by atoms with Crippen LogP contribution >= 0.6 is 0 Å². The van der Waals surface area contributed by atoms with Crippen molar-refractivity contribution in [3.8, 4) is 0 Å². The Bertz CT molecular complexity index is 650. The van der Waals surface area contributed by atoms with Gasteiger partial charge in [-0.15, -0.1) is 0 Å². The molecule has 5 heteroatoms. The number of para-hydroxylation sites is 2. The predicted octanol–water partition coefficient (Wildman–Crippen LogP) is 3.51. The van der Waals surface area contributed by atoms with Crippen molar-refractivity contribution in [2.45, 2.75) is 52.5 Å². The zero-order valence-electron chi connectivity index (χ0n) is 16.2. The topological polar surface area (TPSA) is 52.7 Å². The lowest BCUT2D eigenvalue weighted by molar-refractivity contribution is -0.130. The van der Waals surface area contributed by atoms with E-state index in [0.717, 1.165) is 50.3 Å². The average molecular weight is 357 g/mol. The zero-order chi connectivity index (χ0) is 18.7. The number of fused-ring (bicyclic) bond motifs is 1. The summed E-state index contributed by atoms with van der Waals surface area (Å²) in [4.78, 5) is 28.3. The van der Waals surface area contributed by atoms with E-state index in [0.29, 0.717) is 18.3 Å². The quantitative estimate of drug-likeness (QED) is 0.897. The second kappa shape index (κ2) is 8.11. The number of nitrogens with zero attached hydrogens (tertiary/aromatic N) is 2. The first kappa shape index (κ1) is 18.7. The molecule has 1 fully saturated rings. The highest BCUT2D eigenvalue weighted by Gasteiger charge is 2.30. The summed E-state index contributed by atoms with van der Waals surface area (Å²) in [7, 11) is 0. The fourth-order valence-electron chi connectivity index (χ4n) is 3.98. The van der Waals surface area contributed by atoms with E-state index in [1.165, 1.54) is 0 Å². The van der Waals surface area contributed by atoms with E-state index < -0.39 is 0 Å². The molecule has 0 aliphatic carbocycles. The molecule has 1 aromatic rings. The number of carbonyl (C=O) groups excluding carboxylic acids is 2. The number of nitrogens with one attached hydrogen (secondary N) is 1. The van der Waals surface area contributed by atoms with Gasteiger partial charge in [-0.1, -0.05) is 26.0 Å². The Labute approximate surface area is 156 Å². The average Bonchev–Trinajstić information content (AvgIpc) is 2.65. The Kier molecular flexibility index (Phi) is 5.84. The van der Waals surface area contributed by atoms with E-state index in [9.17, 15) is 9.59 Å². The number of rotatable bonds is 4. The van der Waals surface area contributed by atoms with Gasteiger partial charge in [-0.05, 0) is 43.2 Å². The van der Waals surface area contributed by atoms with Gasteiger partial charge in [-0.25, -0.2) is 0 Å². The van der Waals surface area contributed by atoms with Crippen molar-refractivity contribution in [1.29, 1.82) is 0 Å². The SMILES string of the molecule is CC(=O)N1CCC(CCC(=O)N2C[C@@H](C(C)C)Nc3ccccc32)CC1. The molecule has 0 saturated carbocycles. The highest BCUT2D eigenvalue weighted by molar-refractivity contribution is 5.97. The minimum absolute atomic E-state index is 0.164. The van der Waals surface area contributed by atoms with Crippen LogP contribution in [0.5, 0.6) is 0 Å². The summed E-state index contributed by atoms with van der Waals surface area (Å²) in [6.45, 7) is 8.42. The van der Waals surface area contributed by atoms with Crippen LogP contribution in [0.4, 0.5) is 11.4 Å². The maximum Gasteiger partial charge on any atom is 0.227 e. The summed E-state index contributed by atoms with van der Waals surface area (Å²) in [6, 6.07) is 8.38. The first-order valence-corrected chi connectivity index (χ1v) is 9.87. The molecule has 2 aliphatic heterocycles.